The molecule has 1 amide bonds. The molecule has 0 aromatic heterocycles. The van der Waals surface area contributed by atoms with Crippen LogP contribution >= 0.6 is 0 Å². The number of hydrogen-bond acceptors (Lipinski definition) is 4. The van der Waals surface area contributed by atoms with E-state index < -0.39 is 0 Å². The number of carbonyl (C=O) groups excluding carboxylic acids is 1. The Morgan fingerprint density at radius 3 is 2.68 bits per heavy atom. The van der Waals surface area contributed by atoms with Gasteiger partial charge in [0.25, 0.3) is 5.91 Å². The largest absolute Gasteiger partial charge is 0.491 e. The highest BCUT2D eigenvalue weighted by Crippen LogP contribution is 2.26. The van der Waals surface area contributed by atoms with Crippen LogP contribution in [-0.4, -0.2) is 56.4 Å². The minimum atomic E-state index is -0.233. The maximum absolute atomic E-state index is 12.8. The number of hydrogen-bond donors (Lipinski definition) is 0. The van der Waals surface area contributed by atoms with Gasteiger partial charge in [-0.2, -0.15) is 0 Å². The van der Waals surface area contributed by atoms with Crippen molar-refractivity contribution in [2.24, 2.45) is 0 Å². The van der Waals surface area contributed by atoms with Gasteiger partial charge in [-0.1, -0.05) is 6.92 Å². The van der Waals surface area contributed by atoms with Crippen molar-refractivity contribution in [3.8, 4) is 5.75 Å². The summed E-state index contributed by atoms with van der Waals surface area (Å²) in [7, 11) is 1.64. The van der Waals surface area contributed by atoms with Crippen molar-refractivity contribution in [3.63, 3.8) is 0 Å². The molecule has 1 heterocycles. The fourth-order valence-electron chi connectivity index (χ4n) is 2.53. The minimum absolute atomic E-state index is 0.0519. The lowest BCUT2D eigenvalue weighted by atomic mass is 9.95. The van der Waals surface area contributed by atoms with Crippen LogP contribution < -0.4 is 4.74 Å². The van der Waals surface area contributed by atoms with Gasteiger partial charge in [-0.15, -0.1) is 0 Å². The number of morpholine rings is 1. The predicted octanol–water partition coefficient (Wildman–Crippen LogP) is 2.35. The van der Waals surface area contributed by atoms with Gasteiger partial charge in [0.2, 0.25) is 0 Å². The summed E-state index contributed by atoms with van der Waals surface area (Å²) < 4.78 is 16.0. The summed E-state index contributed by atoms with van der Waals surface area (Å²) in [5.41, 5.74) is 0.448. The van der Waals surface area contributed by atoms with E-state index in [2.05, 4.69) is 13.8 Å². The Hall–Kier alpha value is -1.59. The van der Waals surface area contributed by atoms with E-state index in [0.717, 1.165) is 12.2 Å². The number of benzene rings is 1. The maximum atomic E-state index is 12.8. The Balaban J connectivity index is 2.05. The fourth-order valence-corrected chi connectivity index (χ4v) is 2.53. The second-order valence-corrected chi connectivity index (χ2v) is 5.73. The van der Waals surface area contributed by atoms with Crippen molar-refractivity contribution in [1.82, 2.24) is 4.90 Å². The van der Waals surface area contributed by atoms with Crippen LogP contribution in [0.3, 0.4) is 0 Å². The molecule has 1 fully saturated rings. The first kappa shape index (κ1) is 16.8. The van der Waals surface area contributed by atoms with Crippen LogP contribution in [0.25, 0.3) is 0 Å². The van der Waals surface area contributed by atoms with E-state index in [1.807, 2.05) is 29.2 Å². The molecule has 1 aliphatic heterocycles. The Kier molecular flexibility index (Phi) is 5.80. The van der Waals surface area contributed by atoms with Crippen LogP contribution in [0.4, 0.5) is 0 Å². The molecule has 0 radical (unpaired) electrons. The summed E-state index contributed by atoms with van der Waals surface area (Å²) >= 11 is 0. The molecule has 5 nitrogen and oxygen atoms in total. The summed E-state index contributed by atoms with van der Waals surface area (Å²) in [4.78, 5) is 14.7. The highest BCUT2D eigenvalue weighted by molar-refractivity contribution is 5.95. The Morgan fingerprint density at radius 1 is 1.32 bits per heavy atom. The third kappa shape index (κ3) is 3.78. The number of amides is 1. The molecule has 2 rings (SSSR count). The van der Waals surface area contributed by atoms with Crippen LogP contribution in [0.2, 0.25) is 0 Å². The van der Waals surface area contributed by atoms with Crippen LogP contribution in [0, 0.1) is 0 Å². The molecule has 22 heavy (non-hydrogen) atoms. The molecule has 1 aliphatic rings. The lowest BCUT2D eigenvalue weighted by Gasteiger charge is -2.44. The molecule has 0 aliphatic carbocycles. The van der Waals surface area contributed by atoms with Gasteiger partial charge < -0.3 is 19.1 Å². The van der Waals surface area contributed by atoms with Gasteiger partial charge in [-0.05, 0) is 37.6 Å². The van der Waals surface area contributed by atoms with Gasteiger partial charge in [-0.3, -0.25) is 4.79 Å². The summed E-state index contributed by atoms with van der Waals surface area (Å²) in [6.45, 7) is 7.03. The van der Waals surface area contributed by atoms with Crippen LogP contribution in [0.1, 0.15) is 30.6 Å². The molecule has 0 saturated carbocycles. The van der Waals surface area contributed by atoms with Crippen LogP contribution in [-0.2, 0) is 9.47 Å². The average Bonchev–Trinajstić information content (AvgIpc) is 2.55. The number of rotatable bonds is 6. The van der Waals surface area contributed by atoms with Crippen molar-refractivity contribution >= 4 is 5.91 Å². The van der Waals surface area contributed by atoms with Gasteiger partial charge in [0.15, 0.2) is 0 Å². The monoisotopic (exact) mass is 307 g/mol. The van der Waals surface area contributed by atoms with Gasteiger partial charge in [0, 0.05) is 19.2 Å². The molecule has 1 aromatic carbocycles. The van der Waals surface area contributed by atoms with E-state index >= 15 is 0 Å². The van der Waals surface area contributed by atoms with E-state index in [1.165, 1.54) is 0 Å². The van der Waals surface area contributed by atoms with E-state index in [1.54, 1.807) is 7.11 Å². The summed E-state index contributed by atoms with van der Waals surface area (Å²) in [5, 5.41) is 0. The molecular formula is C17H25NO4. The molecule has 1 unspecified atom stereocenters. The minimum Gasteiger partial charge on any atom is -0.491 e. The lowest BCUT2D eigenvalue weighted by Crippen LogP contribution is -2.57. The molecule has 0 bridgehead atoms. The van der Waals surface area contributed by atoms with Crippen molar-refractivity contribution < 1.29 is 19.0 Å². The van der Waals surface area contributed by atoms with E-state index in [-0.39, 0.29) is 11.4 Å². The van der Waals surface area contributed by atoms with Crippen molar-refractivity contribution in [1.29, 1.82) is 0 Å². The molecule has 0 N–H and O–H groups in total. The highest BCUT2D eigenvalue weighted by atomic mass is 16.5. The van der Waals surface area contributed by atoms with Gasteiger partial charge in [0.1, 0.15) is 12.4 Å². The smallest absolute Gasteiger partial charge is 0.254 e. The first-order valence-electron chi connectivity index (χ1n) is 7.72. The molecular weight excluding hydrogens is 282 g/mol. The SMILES string of the molecule is CCC1(C)COCCN1C(=O)c1ccc(OCCOC)cc1. The topological polar surface area (TPSA) is 48.0 Å². The predicted molar refractivity (Wildman–Crippen MR) is 84.4 cm³/mol. The third-order valence-electron chi connectivity index (χ3n) is 4.19. The second-order valence-electron chi connectivity index (χ2n) is 5.73. The van der Waals surface area contributed by atoms with Crippen LogP contribution in [0.15, 0.2) is 24.3 Å². The van der Waals surface area contributed by atoms with Gasteiger partial charge in [0.05, 0.1) is 25.4 Å². The standard InChI is InChI=1S/C17H25NO4/c1-4-17(2)13-21-10-9-18(17)16(19)14-5-7-15(8-6-14)22-12-11-20-3/h5-8H,4,9-13H2,1-3H3. The zero-order valence-electron chi connectivity index (χ0n) is 13.6. The molecule has 0 spiro atoms. The van der Waals surface area contributed by atoms with Crippen LogP contribution in [0.5, 0.6) is 5.75 Å². The fraction of sp³-hybridized carbons (Fsp3) is 0.588. The average molecular weight is 307 g/mol. The van der Waals surface area contributed by atoms with E-state index in [9.17, 15) is 4.79 Å². The molecule has 1 saturated heterocycles. The molecule has 122 valence electrons. The second kappa shape index (κ2) is 7.61. The van der Waals surface area contributed by atoms with Crippen molar-refractivity contribution in [3.05, 3.63) is 29.8 Å². The van der Waals surface area contributed by atoms with E-state index in [4.69, 9.17) is 14.2 Å². The van der Waals surface area contributed by atoms with E-state index in [0.29, 0.717) is 38.5 Å². The zero-order valence-corrected chi connectivity index (χ0v) is 13.6. The number of methoxy groups -OCH3 is 1. The summed E-state index contributed by atoms with van der Waals surface area (Å²) in [5.74, 6) is 0.796. The molecule has 1 atom stereocenters. The number of ether oxygens (including phenoxy) is 3. The number of nitrogens with zero attached hydrogens (tertiary/aromatic N) is 1. The van der Waals surface area contributed by atoms with Gasteiger partial charge >= 0.3 is 0 Å². The molecule has 5 heteroatoms. The Bertz CT molecular complexity index is 488. The van der Waals surface area contributed by atoms with Crippen molar-refractivity contribution in [2.75, 3.05) is 40.1 Å². The molecule has 1 aromatic rings. The first-order chi connectivity index (χ1) is 10.6. The summed E-state index contributed by atoms with van der Waals surface area (Å²) in [6.07, 6.45) is 0.872. The maximum Gasteiger partial charge on any atom is 0.254 e. The zero-order chi connectivity index (χ0) is 16.0. The summed E-state index contributed by atoms with van der Waals surface area (Å²) in [6, 6.07) is 7.28. The normalized spacial score (nSPS) is 21.7. The lowest BCUT2D eigenvalue weighted by molar-refractivity contribution is -0.0465. The first-order valence-corrected chi connectivity index (χ1v) is 7.72. The third-order valence-corrected chi connectivity index (χ3v) is 4.19. The Morgan fingerprint density at radius 2 is 2.05 bits per heavy atom. The van der Waals surface area contributed by atoms with Gasteiger partial charge in [-0.25, -0.2) is 0 Å². The number of carbonyl (C=O) groups is 1. The quantitative estimate of drug-likeness (QED) is 0.757. The van der Waals surface area contributed by atoms with Crippen molar-refractivity contribution in [2.45, 2.75) is 25.8 Å². The highest BCUT2D eigenvalue weighted by Gasteiger charge is 2.37. The Labute approximate surface area is 132 Å².